The standard InChI is InChI=1S/C8H13F/c1-6(2)7-3-8(9,4-7)5-7/h6H,3-5H2,1-2H3/t7-,8-. The number of alkyl halides is 1. The first kappa shape index (κ1) is 5.70. The van der Waals surface area contributed by atoms with Gasteiger partial charge in [-0.15, -0.1) is 0 Å². The summed E-state index contributed by atoms with van der Waals surface area (Å²) in [5.74, 6) is 0.704. The summed E-state index contributed by atoms with van der Waals surface area (Å²) in [6.07, 6.45) is 2.58. The van der Waals surface area contributed by atoms with E-state index in [1.54, 1.807) is 0 Å². The van der Waals surface area contributed by atoms with Crippen molar-refractivity contribution in [3.05, 3.63) is 0 Å². The molecule has 0 N–H and O–H groups in total. The van der Waals surface area contributed by atoms with E-state index in [1.807, 2.05) is 0 Å². The number of rotatable bonds is 1. The Morgan fingerprint density at radius 1 is 1.22 bits per heavy atom. The zero-order chi connectivity index (χ0) is 6.70. The van der Waals surface area contributed by atoms with Gasteiger partial charge in [0.25, 0.3) is 0 Å². The quantitative estimate of drug-likeness (QED) is 0.509. The van der Waals surface area contributed by atoms with Crippen LogP contribution in [0.5, 0.6) is 0 Å². The minimum Gasteiger partial charge on any atom is -0.244 e. The maximum Gasteiger partial charge on any atom is 0.112 e. The SMILES string of the molecule is CC(C)[C@]12C[C@@](F)(C1)C2. The van der Waals surface area contributed by atoms with Crippen LogP contribution in [-0.4, -0.2) is 5.67 Å². The fraction of sp³-hybridized carbons (Fsp3) is 1.00. The summed E-state index contributed by atoms with van der Waals surface area (Å²) >= 11 is 0. The first-order valence-corrected chi connectivity index (χ1v) is 3.75. The van der Waals surface area contributed by atoms with Gasteiger partial charge in [0.15, 0.2) is 0 Å². The van der Waals surface area contributed by atoms with E-state index in [-0.39, 0.29) is 0 Å². The van der Waals surface area contributed by atoms with Gasteiger partial charge in [-0.3, -0.25) is 0 Å². The molecule has 0 nitrogen and oxygen atoms in total. The zero-order valence-corrected chi connectivity index (χ0v) is 6.08. The molecule has 3 aliphatic rings. The number of halogens is 1. The number of hydrogen-bond donors (Lipinski definition) is 0. The van der Waals surface area contributed by atoms with Crippen molar-refractivity contribution in [2.24, 2.45) is 11.3 Å². The molecule has 1 heteroatoms. The molecule has 0 spiro atoms. The van der Waals surface area contributed by atoms with Gasteiger partial charge in [0.05, 0.1) is 0 Å². The molecule has 3 rings (SSSR count). The molecule has 0 aromatic carbocycles. The van der Waals surface area contributed by atoms with Gasteiger partial charge in [0.1, 0.15) is 5.67 Å². The molecule has 0 amide bonds. The molecular formula is C8H13F. The van der Waals surface area contributed by atoms with Crippen molar-refractivity contribution in [3.8, 4) is 0 Å². The van der Waals surface area contributed by atoms with Crippen LogP contribution in [0.1, 0.15) is 33.1 Å². The fourth-order valence-corrected chi connectivity index (χ4v) is 2.35. The van der Waals surface area contributed by atoms with Gasteiger partial charge in [0, 0.05) is 0 Å². The van der Waals surface area contributed by atoms with Crippen molar-refractivity contribution in [1.29, 1.82) is 0 Å². The monoisotopic (exact) mass is 128 g/mol. The molecule has 3 saturated carbocycles. The highest BCUT2D eigenvalue weighted by Crippen LogP contribution is 2.72. The van der Waals surface area contributed by atoms with Gasteiger partial charge in [0.2, 0.25) is 0 Å². The Morgan fingerprint density at radius 2 is 1.67 bits per heavy atom. The van der Waals surface area contributed by atoms with Crippen LogP contribution in [-0.2, 0) is 0 Å². The van der Waals surface area contributed by atoms with Gasteiger partial charge >= 0.3 is 0 Å². The Balaban J connectivity index is 2.04. The lowest BCUT2D eigenvalue weighted by atomic mass is 9.39. The lowest BCUT2D eigenvalue weighted by Gasteiger charge is -2.68. The normalized spacial score (nSPS) is 54.7. The largest absolute Gasteiger partial charge is 0.244 e. The van der Waals surface area contributed by atoms with Crippen molar-refractivity contribution in [2.45, 2.75) is 38.8 Å². The van der Waals surface area contributed by atoms with Gasteiger partial charge in [-0.05, 0) is 30.6 Å². The molecule has 9 heavy (non-hydrogen) atoms. The topological polar surface area (TPSA) is 0 Å². The Morgan fingerprint density at radius 3 is 1.78 bits per heavy atom. The summed E-state index contributed by atoms with van der Waals surface area (Å²) in [6.45, 7) is 4.41. The molecule has 3 fully saturated rings. The summed E-state index contributed by atoms with van der Waals surface area (Å²) in [4.78, 5) is 0. The maximum atomic E-state index is 12.9. The predicted octanol–water partition coefficient (Wildman–Crippen LogP) is 2.53. The van der Waals surface area contributed by atoms with Crippen molar-refractivity contribution < 1.29 is 4.39 Å². The molecule has 0 aromatic heterocycles. The minimum absolute atomic E-state index is 0.453. The molecule has 0 unspecified atom stereocenters. The first-order valence-electron chi connectivity index (χ1n) is 3.75. The zero-order valence-electron chi connectivity index (χ0n) is 6.08. The number of hydrogen-bond acceptors (Lipinski definition) is 0. The van der Waals surface area contributed by atoms with Crippen molar-refractivity contribution in [1.82, 2.24) is 0 Å². The molecule has 0 aromatic rings. The average Bonchev–Trinajstić information content (AvgIpc) is 1.54. The summed E-state index contributed by atoms with van der Waals surface area (Å²) in [7, 11) is 0. The highest BCUT2D eigenvalue weighted by molar-refractivity contribution is 5.19. The van der Waals surface area contributed by atoms with Crippen molar-refractivity contribution >= 4 is 0 Å². The van der Waals surface area contributed by atoms with Crippen LogP contribution >= 0.6 is 0 Å². The molecule has 52 valence electrons. The van der Waals surface area contributed by atoms with E-state index in [4.69, 9.17) is 0 Å². The van der Waals surface area contributed by atoms with E-state index in [1.165, 1.54) is 0 Å². The van der Waals surface area contributed by atoms with E-state index in [0.717, 1.165) is 19.3 Å². The van der Waals surface area contributed by atoms with Crippen LogP contribution < -0.4 is 0 Å². The first-order chi connectivity index (χ1) is 4.06. The van der Waals surface area contributed by atoms with Crippen LogP contribution in [0.2, 0.25) is 0 Å². The molecular weight excluding hydrogens is 115 g/mol. The van der Waals surface area contributed by atoms with Crippen molar-refractivity contribution in [3.63, 3.8) is 0 Å². The molecule has 0 atom stereocenters. The lowest BCUT2D eigenvalue weighted by Crippen LogP contribution is -2.66. The molecule has 0 radical (unpaired) electrons. The highest BCUT2D eigenvalue weighted by atomic mass is 19.1. The van der Waals surface area contributed by atoms with E-state index >= 15 is 0 Å². The molecule has 0 heterocycles. The molecule has 3 aliphatic carbocycles. The van der Waals surface area contributed by atoms with Gasteiger partial charge in [-0.1, -0.05) is 13.8 Å². The van der Waals surface area contributed by atoms with Crippen LogP contribution in [0.3, 0.4) is 0 Å². The summed E-state index contributed by atoms with van der Waals surface area (Å²) in [5.41, 5.74) is -0.237. The second-order valence-corrected chi connectivity index (χ2v) is 4.20. The van der Waals surface area contributed by atoms with Crippen LogP contribution in [0, 0.1) is 11.3 Å². The molecule has 2 bridgehead atoms. The lowest BCUT2D eigenvalue weighted by molar-refractivity contribution is -0.236. The second kappa shape index (κ2) is 1.18. The predicted molar refractivity (Wildman–Crippen MR) is 35.0 cm³/mol. The van der Waals surface area contributed by atoms with E-state index < -0.39 is 5.67 Å². The molecule has 0 aliphatic heterocycles. The fourth-order valence-electron chi connectivity index (χ4n) is 2.35. The van der Waals surface area contributed by atoms with Gasteiger partial charge in [-0.25, -0.2) is 4.39 Å². The smallest absolute Gasteiger partial charge is 0.112 e. The van der Waals surface area contributed by atoms with Gasteiger partial charge in [-0.2, -0.15) is 0 Å². The third-order valence-corrected chi connectivity index (χ3v) is 3.23. The summed E-state index contributed by atoms with van der Waals surface area (Å²) < 4.78 is 12.9. The second-order valence-electron chi connectivity index (χ2n) is 4.20. The van der Waals surface area contributed by atoms with E-state index in [0.29, 0.717) is 11.3 Å². The summed E-state index contributed by atoms with van der Waals surface area (Å²) in [6, 6.07) is 0. The van der Waals surface area contributed by atoms with Crippen LogP contribution in [0.15, 0.2) is 0 Å². The third-order valence-electron chi connectivity index (χ3n) is 3.23. The van der Waals surface area contributed by atoms with E-state index in [2.05, 4.69) is 13.8 Å². The third kappa shape index (κ3) is 0.487. The van der Waals surface area contributed by atoms with Crippen LogP contribution in [0.4, 0.5) is 4.39 Å². The Hall–Kier alpha value is -0.0700. The molecule has 0 saturated heterocycles. The maximum absolute atomic E-state index is 12.9. The Bertz CT molecular complexity index is 129. The highest BCUT2D eigenvalue weighted by Gasteiger charge is 2.69. The minimum atomic E-state index is -0.690. The van der Waals surface area contributed by atoms with E-state index in [9.17, 15) is 4.39 Å². The Kier molecular flexibility index (Phi) is 0.750. The average molecular weight is 128 g/mol. The van der Waals surface area contributed by atoms with Crippen molar-refractivity contribution in [2.75, 3.05) is 0 Å². The van der Waals surface area contributed by atoms with Gasteiger partial charge < -0.3 is 0 Å². The summed E-state index contributed by atoms with van der Waals surface area (Å²) in [5, 5.41) is 0. The van der Waals surface area contributed by atoms with Crippen LogP contribution in [0.25, 0.3) is 0 Å². The Labute approximate surface area is 55.4 Å².